The number of amides is 1. The van der Waals surface area contributed by atoms with E-state index >= 15 is 0 Å². The van der Waals surface area contributed by atoms with Crippen LogP contribution in [-0.2, 0) is 16.0 Å². The molecule has 0 spiro atoms. The van der Waals surface area contributed by atoms with Gasteiger partial charge in [-0.3, -0.25) is 4.79 Å². The molecular formula is C15H16N2O3S. The maximum absolute atomic E-state index is 11.9. The van der Waals surface area contributed by atoms with Gasteiger partial charge in [-0.15, -0.1) is 11.3 Å². The molecule has 5 nitrogen and oxygen atoms in total. The van der Waals surface area contributed by atoms with E-state index in [9.17, 15) is 14.7 Å². The van der Waals surface area contributed by atoms with E-state index in [1.54, 1.807) is 30.3 Å². The fraction of sp³-hybridized carbons (Fsp3) is 0.267. The molecule has 0 bridgehead atoms. The van der Waals surface area contributed by atoms with Gasteiger partial charge in [0, 0.05) is 23.9 Å². The average molecular weight is 304 g/mol. The SMILES string of the molecule is Cc1csc(CCC(=O)N[C@H](C(=O)O)c2ccccc2)n1. The lowest BCUT2D eigenvalue weighted by molar-refractivity contribution is -0.142. The molecule has 0 aliphatic heterocycles. The molecule has 2 aromatic rings. The van der Waals surface area contributed by atoms with Gasteiger partial charge in [0.15, 0.2) is 6.04 Å². The van der Waals surface area contributed by atoms with Gasteiger partial charge in [0.25, 0.3) is 0 Å². The molecule has 2 rings (SSSR count). The van der Waals surface area contributed by atoms with Gasteiger partial charge in [0.05, 0.1) is 5.01 Å². The zero-order chi connectivity index (χ0) is 15.2. The summed E-state index contributed by atoms with van der Waals surface area (Å²) in [5.41, 5.74) is 1.49. The van der Waals surface area contributed by atoms with Crippen molar-refractivity contribution in [2.45, 2.75) is 25.8 Å². The first kappa shape index (κ1) is 15.2. The number of aromatic nitrogens is 1. The Morgan fingerprint density at radius 2 is 2.05 bits per heavy atom. The van der Waals surface area contributed by atoms with Crippen LogP contribution in [0, 0.1) is 6.92 Å². The van der Waals surface area contributed by atoms with Crippen molar-refractivity contribution in [3.8, 4) is 0 Å². The second-order valence-electron chi connectivity index (χ2n) is 4.63. The van der Waals surface area contributed by atoms with Gasteiger partial charge in [-0.1, -0.05) is 30.3 Å². The van der Waals surface area contributed by atoms with Crippen molar-refractivity contribution in [3.05, 3.63) is 52.0 Å². The maximum atomic E-state index is 11.9. The first-order valence-corrected chi connectivity index (χ1v) is 7.42. The van der Waals surface area contributed by atoms with E-state index in [-0.39, 0.29) is 12.3 Å². The summed E-state index contributed by atoms with van der Waals surface area (Å²) < 4.78 is 0. The number of thiazole rings is 1. The number of carbonyl (C=O) groups excluding carboxylic acids is 1. The molecule has 0 fully saturated rings. The van der Waals surface area contributed by atoms with Crippen LogP contribution in [0.15, 0.2) is 35.7 Å². The first-order valence-electron chi connectivity index (χ1n) is 6.54. The minimum Gasteiger partial charge on any atom is -0.479 e. The van der Waals surface area contributed by atoms with Crippen LogP contribution in [0.4, 0.5) is 0 Å². The van der Waals surface area contributed by atoms with Gasteiger partial charge in [-0.2, -0.15) is 0 Å². The van der Waals surface area contributed by atoms with Gasteiger partial charge in [-0.05, 0) is 12.5 Å². The molecule has 110 valence electrons. The normalized spacial score (nSPS) is 11.9. The number of aryl methyl sites for hydroxylation is 2. The van der Waals surface area contributed by atoms with Crippen LogP contribution < -0.4 is 5.32 Å². The van der Waals surface area contributed by atoms with E-state index in [4.69, 9.17) is 0 Å². The van der Waals surface area contributed by atoms with Crippen LogP contribution in [0.25, 0.3) is 0 Å². The minimum absolute atomic E-state index is 0.226. The summed E-state index contributed by atoms with van der Waals surface area (Å²) in [5.74, 6) is -1.36. The van der Waals surface area contributed by atoms with E-state index in [0.717, 1.165) is 10.7 Å². The third-order valence-electron chi connectivity index (χ3n) is 2.92. The molecule has 0 saturated carbocycles. The summed E-state index contributed by atoms with van der Waals surface area (Å²) in [7, 11) is 0. The van der Waals surface area contributed by atoms with Crippen LogP contribution in [0.2, 0.25) is 0 Å². The lowest BCUT2D eigenvalue weighted by Crippen LogP contribution is -2.33. The smallest absolute Gasteiger partial charge is 0.330 e. The summed E-state index contributed by atoms with van der Waals surface area (Å²) in [6, 6.07) is 7.64. The Labute approximate surface area is 126 Å². The Kier molecular flexibility index (Phi) is 5.05. The Hall–Kier alpha value is -2.21. The first-order chi connectivity index (χ1) is 10.1. The van der Waals surface area contributed by atoms with Crippen LogP contribution in [0.1, 0.15) is 28.7 Å². The molecule has 0 aliphatic rings. The lowest BCUT2D eigenvalue weighted by atomic mass is 10.1. The van der Waals surface area contributed by atoms with Crippen molar-refractivity contribution in [2.75, 3.05) is 0 Å². The zero-order valence-corrected chi connectivity index (χ0v) is 12.4. The number of rotatable bonds is 6. The third kappa shape index (κ3) is 4.39. The molecule has 0 aliphatic carbocycles. The number of aliphatic carboxylic acids is 1. The summed E-state index contributed by atoms with van der Waals surface area (Å²) in [6.45, 7) is 1.90. The van der Waals surface area contributed by atoms with Gasteiger partial charge < -0.3 is 10.4 Å². The molecule has 1 aromatic heterocycles. The summed E-state index contributed by atoms with van der Waals surface area (Å²) in [5, 5.41) is 14.6. The lowest BCUT2D eigenvalue weighted by Gasteiger charge is -2.14. The molecule has 21 heavy (non-hydrogen) atoms. The zero-order valence-electron chi connectivity index (χ0n) is 11.6. The van der Waals surface area contributed by atoms with Gasteiger partial charge in [0.2, 0.25) is 5.91 Å². The van der Waals surface area contributed by atoms with Crippen LogP contribution in [-0.4, -0.2) is 22.0 Å². The molecular weight excluding hydrogens is 288 g/mol. The molecule has 1 amide bonds. The number of nitrogens with zero attached hydrogens (tertiary/aromatic N) is 1. The highest BCUT2D eigenvalue weighted by Crippen LogP contribution is 2.14. The fourth-order valence-electron chi connectivity index (χ4n) is 1.90. The average Bonchev–Trinajstić information content (AvgIpc) is 2.89. The molecule has 0 saturated heterocycles. The fourth-order valence-corrected chi connectivity index (χ4v) is 2.68. The van der Waals surface area contributed by atoms with Crippen LogP contribution in [0.5, 0.6) is 0 Å². The van der Waals surface area contributed by atoms with Crippen molar-refractivity contribution in [1.29, 1.82) is 0 Å². The molecule has 1 atom stereocenters. The van der Waals surface area contributed by atoms with Crippen molar-refractivity contribution < 1.29 is 14.7 Å². The number of hydrogen-bond donors (Lipinski definition) is 2. The molecule has 0 radical (unpaired) electrons. The molecule has 1 aromatic carbocycles. The van der Waals surface area contributed by atoms with E-state index < -0.39 is 12.0 Å². The van der Waals surface area contributed by atoms with E-state index in [2.05, 4.69) is 10.3 Å². The topological polar surface area (TPSA) is 79.3 Å². The number of carboxylic acids is 1. The summed E-state index contributed by atoms with van der Waals surface area (Å²) in [6.07, 6.45) is 0.745. The van der Waals surface area contributed by atoms with Gasteiger partial charge in [0.1, 0.15) is 0 Å². The minimum atomic E-state index is -1.07. The standard InChI is InChI=1S/C15H16N2O3S/c1-10-9-21-13(16-10)8-7-12(18)17-14(15(19)20)11-5-3-2-4-6-11/h2-6,9,14H,7-8H2,1H3,(H,17,18)(H,19,20)/t14-/m0/s1. The maximum Gasteiger partial charge on any atom is 0.330 e. The number of hydrogen-bond acceptors (Lipinski definition) is 4. The van der Waals surface area contributed by atoms with Crippen molar-refractivity contribution in [1.82, 2.24) is 10.3 Å². The number of nitrogens with one attached hydrogen (secondary N) is 1. The highest BCUT2D eigenvalue weighted by Gasteiger charge is 2.21. The van der Waals surface area contributed by atoms with E-state index in [0.29, 0.717) is 12.0 Å². The van der Waals surface area contributed by atoms with Gasteiger partial charge >= 0.3 is 5.97 Å². The third-order valence-corrected chi connectivity index (χ3v) is 3.94. The Morgan fingerprint density at radius 3 is 2.62 bits per heavy atom. The Balaban J connectivity index is 1.94. The van der Waals surface area contributed by atoms with Gasteiger partial charge in [-0.25, -0.2) is 9.78 Å². The van der Waals surface area contributed by atoms with Crippen molar-refractivity contribution in [2.24, 2.45) is 0 Å². The van der Waals surface area contributed by atoms with Crippen molar-refractivity contribution >= 4 is 23.2 Å². The summed E-state index contributed by atoms with van der Waals surface area (Å²) >= 11 is 1.51. The second kappa shape index (κ2) is 6.99. The monoisotopic (exact) mass is 304 g/mol. The number of carbonyl (C=O) groups is 2. The molecule has 2 N–H and O–H groups in total. The van der Waals surface area contributed by atoms with Crippen LogP contribution in [0.3, 0.4) is 0 Å². The Morgan fingerprint density at radius 1 is 1.33 bits per heavy atom. The highest BCUT2D eigenvalue weighted by molar-refractivity contribution is 7.09. The molecule has 6 heteroatoms. The molecule has 0 unspecified atom stereocenters. The van der Waals surface area contributed by atoms with Crippen LogP contribution >= 0.6 is 11.3 Å². The van der Waals surface area contributed by atoms with E-state index in [1.165, 1.54) is 11.3 Å². The summed E-state index contributed by atoms with van der Waals surface area (Å²) in [4.78, 5) is 27.5. The Bertz CT molecular complexity index is 625. The van der Waals surface area contributed by atoms with E-state index in [1.807, 2.05) is 12.3 Å². The second-order valence-corrected chi connectivity index (χ2v) is 5.57. The quantitative estimate of drug-likeness (QED) is 0.858. The van der Waals surface area contributed by atoms with Crippen molar-refractivity contribution in [3.63, 3.8) is 0 Å². The molecule has 1 heterocycles. The predicted molar refractivity (Wildman–Crippen MR) is 80.1 cm³/mol. The predicted octanol–water partition coefficient (Wildman–Crippen LogP) is 2.33. The number of benzene rings is 1. The highest BCUT2D eigenvalue weighted by atomic mass is 32.1. The largest absolute Gasteiger partial charge is 0.479 e. The number of carboxylic acid groups (broad SMARTS) is 1.